The molecule has 1 fully saturated rings. The third kappa shape index (κ3) is 6.16. The highest BCUT2D eigenvalue weighted by molar-refractivity contribution is 5.95. The number of hydrogen-bond acceptors (Lipinski definition) is 6. The number of phenols is 1. The van der Waals surface area contributed by atoms with Gasteiger partial charge in [0.15, 0.2) is 6.54 Å². The molecule has 27 heavy (non-hydrogen) atoms. The fourth-order valence-electron chi connectivity index (χ4n) is 2.84. The molecular weight excluding hydrogens is 376 g/mol. The number of ether oxygens (including phenoxy) is 2. The predicted molar refractivity (Wildman–Crippen MR) is 97.6 cm³/mol. The van der Waals surface area contributed by atoms with Crippen molar-refractivity contribution < 1.29 is 41.1 Å². The SMILES string of the molecule is COC(=O)Nc1cc(OC)c(NC(=O)C[N+]2(C)CCN(C)CC2)cc1O.[Cl-]. The zero-order chi connectivity index (χ0) is 19.3. The molecule has 2 amide bonds. The summed E-state index contributed by atoms with van der Waals surface area (Å²) in [5.74, 6) is -0.0430. The summed E-state index contributed by atoms with van der Waals surface area (Å²) >= 11 is 0. The van der Waals surface area contributed by atoms with E-state index in [0.717, 1.165) is 26.2 Å². The molecule has 0 aromatic heterocycles. The van der Waals surface area contributed by atoms with Gasteiger partial charge in [-0.1, -0.05) is 0 Å². The first kappa shape index (κ1) is 22.8. The zero-order valence-corrected chi connectivity index (χ0v) is 16.8. The van der Waals surface area contributed by atoms with Gasteiger partial charge in [-0.15, -0.1) is 0 Å². The molecule has 10 heteroatoms. The minimum absolute atomic E-state index is 0. The zero-order valence-electron chi connectivity index (χ0n) is 16.0. The third-order valence-corrected chi connectivity index (χ3v) is 4.58. The van der Waals surface area contributed by atoms with E-state index in [9.17, 15) is 14.7 Å². The Labute approximate surface area is 165 Å². The molecule has 2 rings (SSSR count). The normalized spacial score (nSPS) is 16.0. The Kier molecular flexibility index (Phi) is 8.14. The van der Waals surface area contributed by atoms with E-state index in [4.69, 9.17) is 4.74 Å². The van der Waals surface area contributed by atoms with Crippen LogP contribution in [0.25, 0.3) is 0 Å². The standard InChI is InChI=1S/C17H26N4O5.ClH/c1-20-5-7-21(2,8-6-20)11-16(23)18-13-9-14(22)12(10-15(13)25-3)19-17(24)26-4;/h9-10H,5-8,11H2,1-4H3,(H2-,18,19,22,23,24);1H. The van der Waals surface area contributed by atoms with Crippen LogP contribution in [-0.2, 0) is 9.53 Å². The van der Waals surface area contributed by atoms with E-state index in [0.29, 0.717) is 22.5 Å². The molecule has 0 spiro atoms. The second-order valence-corrected chi connectivity index (χ2v) is 6.76. The highest BCUT2D eigenvalue weighted by Gasteiger charge is 2.30. The molecular formula is C17H27ClN4O5. The fourth-order valence-corrected chi connectivity index (χ4v) is 2.84. The van der Waals surface area contributed by atoms with Crippen molar-refractivity contribution in [3.05, 3.63) is 12.1 Å². The van der Waals surface area contributed by atoms with Gasteiger partial charge >= 0.3 is 6.09 Å². The van der Waals surface area contributed by atoms with Crippen molar-refractivity contribution >= 4 is 23.4 Å². The number of aromatic hydroxyl groups is 1. The number of carbonyl (C=O) groups is 2. The second kappa shape index (κ2) is 9.63. The molecule has 1 aromatic rings. The van der Waals surface area contributed by atoms with Gasteiger partial charge in [-0.05, 0) is 7.05 Å². The van der Waals surface area contributed by atoms with Crippen molar-refractivity contribution in [2.24, 2.45) is 0 Å². The topological polar surface area (TPSA) is 100 Å². The maximum Gasteiger partial charge on any atom is 0.411 e. The number of anilines is 2. The van der Waals surface area contributed by atoms with Crippen LogP contribution >= 0.6 is 0 Å². The molecule has 0 atom stereocenters. The van der Waals surface area contributed by atoms with Crippen molar-refractivity contribution in [3.63, 3.8) is 0 Å². The first-order chi connectivity index (χ1) is 12.3. The lowest BCUT2D eigenvalue weighted by molar-refractivity contribution is -0.905. The van der Waals surface area contributed by atoms with Crippen LogP contribution < -0.4 is 27.8 Å². The Balaban J connectivity index is 0.00000364. The largest absolute Gasteiger partial charge is 1.00 e. The molecule has 0 bridgehead atoms. The molecule has 0 radical (unpaired) electrons. The average Bonchev–Trinajstić information content (AvgIpc) is 2.59. The molecule has 3 N–H and O–H groups in total. The van der Waals surface area contributed by atoms with Gasteiger partial charge in [0.1, 0.15) is 11.5 Å². The van der Waals surface area contributed by atoms with Crippen LogP contribution in [0.4, 0.5) is 16.2 Å². The summed E-state index contributed by atoms with van der Waals surface area (Å²) in [7, 11) is 6.80. The van der Waals surface area contributed by atoms with Crippen LogP contribution in [0.1, 0.15) is 0 Å². The molecule has 1 aliphatic rings. The molecule has 152 valence electrons. The Morgan fingerprint density at radius 1 is 1.19 bits per heavy atom. The van der Waals surface area contributed by atoms with E-state index in [1.807, 2.05) is 0 Å². The minimum atomic E-state index is -0.716. The number of nitrogens with zero attached hydrogens (tertiary/aromatic N) is 2. The number of amides is 2. The number of carbonyl (C=O) groups excluding carboxylic acids is 2. The monoisotopic (exact) mass is 402 g/mol. The molecule has 1 aromatic carbocycles. The van der Waals surface area contributed by atoms with Gasteiger partial charge in [0.2, 0.25) is 0 Å². The summed E-state index contributed by atoms with van der Waals surface area (Å²) in [4.78, 5) is 26.0. The second-order valence-electron chi connectivity index (χ2n) is 6.76. The molecule has 1 heterocycles. The maximum absolute atomic E-state index is 12.5. The number of rotatable bonds is 5. The number of hydrogen-bond donors (Lipinski definition) is 3. The van der Waals surface area contributed by atoms with E-state index in [1.165, 1.54) is 26.4 Å². The van der Waals surface area contributed by atoms with Crippen molar-refractivity contribution in [2.45, 2.75) is 0 Å². The summed E-state index contributed by atoms with van der Waals surface area (Å²) in [6.07, 6.45) is -0.716. The van der Waals surface area contributed by atoms with Crippen molar-refractivity contribution in [2.75, 3.05) is 71.7 Å². The van der Waals surface area contributed by atoms with E-state index in [2.05, 4.69) is 34.4 Å². The number of methoxy groups -OCH3 is 2. The lowest BCUT2D eigenvalue weighted by Gasteiger charge is -2.40. The first-order valence-electron chi connectivity index (χ1n) is 8.34. The lowest BCUT2D eigenvalue weighted by atomic mass is 10.2. The van der Waals surface area contributed by atoms with Crippen molar-refractivity contribution in [3.8, 4) is 11.5 Å². The Hall–Kier alpha value is -2.23. The van der Waals surface area contributed by atoms with Crippen molar-refractivity contribution in [1.82, 2.24) is 4.90 Å². The molecule has 9 nitrogen and oxygen atoms in total. The Morgan fingerprint density at radius 3 is 2.37 bits per heavy atom. The number of piperazine rings is 1. The quantitative estimate of drug-likeness (QED) is 0.386. The molecule has 0 aliphatic carbocycles. The van der Waals surface area contributed by atoms with Gasteiger partial charge in [-0.25, -0.2) is 4.79 Å². The average molecular weight is 403 g/mol. The van der Waals surface area contributed by atoms with E-state index >= 15 is 0 Å². The van der Waals surface area contributed by atoms with Gasteiger partial charge in [-0.3, -0.25) is 15.0 Å². The number of quaternary nitrogens is 1. The van der Waals surface area contributed by atoms with Gasteiger partial charge in [0.05, 0.1) is 45.7 Å². The fraction of sp³-hybridized carbons (Fsp3) is 0.529. The highest BCUT2D eigenvalue weighted by atomic mass is 35.5. The summed E-state index contributed by atoms with van der Waals surface area (Å²) < 4.78 is 10.4. The van der Waals surface area contributed by atoms with Gasteiger partial charge in [-0.2, -0.15) is 0 Å². The number of likely N-dealkylation sites (N-methyl/N-ethyl adjacent to an activating group) is 2. The summed E-state index contributed by atoms with van der Waals surface area (Å²) in [5, 5.41) is 15.2. The van der Waals surface area contributed by atoms with E-state index in [1.54, 1.807) is 0 Å². The number of nitrogens with one attached hydrogen (secondary N) is 2. The summed E-state index contributed by atoms with van der Waals surface area (Å²) in [6.45, 7) is 4.02. The molecule has 1 aliphatic heterocycles. The van der Waals surface area contributed by atoms with Crippen LogP contribution in [-0.4, -0.2) is 87.5 Å². The number of benzene rings is 1. The minimum Gasteiger partial charge on any atom is -1.00 e. The summed E-state index contributed by atoms with van der Waals surface area (Å²) in [5.41, 5.74) is 0.468. The Morgan fingerprint density at radius 2 is 1.81 bits per heavy atom. The molecule has 0 unspecified atom stereocenters. The van der Waals surface area contributed by atoms with Crippen molar-refractivity contribution in [1.29, 1.82) is 0 Å². The van der Waals surface area contributed by atoms with Crippen LogP contribution in [0.2, 0.25) is 0 Å². The van der Waals surface area contributed by atoms with Crippen LogP contribution in [0, 0.1) is 0 Å². The molecule has 1 saturated heterocycles. The number of halogens is 1. The Bertz CT molecular complexity index is 678. The van der Waals surface area contributed by atoms with Gasteiger partial charge < -0.3 is 36.8 Å². The smallest absolute Gasteiger partial charge is 0.411 e. The summed E-state index contributed by atoms with van der Waals surface area (Å²) in [6, 6.07) is 2.76. The van der Waals surface area contributed by atoms with E-state index in [-0.39, 0.29) is 29.8 Å². The predicted octanol–water partition coefficient (Wildman–Crippen LogP) is -2.09. The third-order valence-electron chi connectivity index (χ3n) is 4.58. The number of phenolic OH excluding ortho intramolecular Hbond substituents is 1. The van der Waals surface area contributed by atoms with E-state index < -0.39 is 6.09 Å². The first-order valence-corrected chi connectivity index (χ1v) is 8.34. The van der Waals surface area contributed by atoms with Crippen LogP contribution in [0.3, 0.4) is 0 Å². The van der Waals surface area contributed by atoms with Gasteiger partial charge in [0, 0.05) is 25.2 Å². The maximum atomic E-state index is 12.5. The highest BCUT2D eigenvalue weighted by Crippen LogP contribution is 2.35. The van der Waals surface area contributed by atoms with Crippen LogP contribution in [0.5, 0.6) is 11.5 Å². The van der Waals surface area contributed by atoms with Crippen LogP contribution in [0.15, 0.2) is 12.1 Å². The lowest BCUT2D eigenvalue weighted by Crippen LogP contribution is -3.00. The van der Waals surface area contributed by atoms with Gasteiger partial charge in [0.25, 0.3) is 5.91 Å². The molecule has 0 saturated carbocycles.